The number of nitrogens with zero attached hydrogens (tertiary/aromatic N) is 3. The van der Waals surface area contributed by atoms with E-state index in [-0.39, 0.29) is 16.3 Å². The van der Waals surface area contributed by atoms with Gasteiger partial charge in [0, 0.05) is 16.7 Å². The molecule has 0 fully saturated rings. The van der Waals surface area contributed by atoms with Crippen molar-refractivity contribution in [3.05, 3.63) is 93.0 Å². The van der Waals surface area contributed by atoms with Crippen molar-refractivity contribution >= 4 is 45.1 Å². The Hall–Kier alpha value is -3.96. The molecule has 0 aliphatic heterocycles. The van der Waals surface area contributed by atoms with Crippen molar-refractivity contribution in [1.82, 2.24) is 5.43 Å². The van der Waals surface area contributed by atoms with Crippen LogP contribution in [-0.2, 0) is 14.8 Å². The Kier molecular flexibility index (Phi) is 8.05. The maximum atomic E-state index is 13.5. The van der Waals surface area contributed by atoms with Crippen molar-refractivity contribution in [1.29, 1.82) is 0 Å². The summed E-state index contributed by atoms with van der Waals surface area (Å²) in [6, 6.07) is 16.3. The van der Waals surface area contributed by atoms with Crippen LogP contribution in [0.4, 0.5) is 11.4 Å². The van der Waals surface area contributed by atoms with Crippen molar-refractivity contribution < 1.29 is 22.9 Å². The SMILES string of the molecule is COc1ccc(N(CC(=O)N/N=C\c2cccc(Cl)c2)S(=O)(=O)c2ccc(C)c([N+](=O)[O-])c2)cc1. The number of carbonyl (C=O) groups is 1. The van der Waals surface area contributed by atoms with Crippen LogP contribution in [0.25, 0.3) is 0 Å². The number of halogens is 1. The third-order valence-electron chi connectivity index (χ3n) is 4.86. The molecule has 0 aliphatic rings. The number of nitro groups is 1. The summed E-state index contributed by atoms with van der Waals surface area (Å²) in [4.78, 5) is 23.0. The molecule has 3 aromatic rings. The second-order valence-corrected chi connectivity index (χ2v) is 9.56. The van der Waals surface area contributed by atoms with Crippen LogP contribution in [0, 0.1) is 17.0 Å². The summed E-state index contributed by atoms with van der Waals surface area (Å²) in [5, 5.41) is 15.7. The van der Waals surface area contributed by atoms with E-state index in [1.165, 1.54) is 56.6 Å². The summed E-state index contributed by atoms with van der Waals surface area (Å²) in [5.41, 5.74) is 3.02. The second-order valence-electron chi connectivity index (χ2n) is 7.26. The van der Waals surface area contributed by atoms with E-state index in [0.29, 0.717) is 21.9 Å². The van der Waals surface area contributed by atoms with Crippen molar-refractivity contribution in [3.8, 4) is 5.75 Å². The first-order valence-corrected chi connectivity index (χ1v) is 11.9. The maximum Gasteiger partial charge on any atom is 0.273 e. The van der Waals surface area contributed by atoms with Crippen LogP contribution in [0.15, 0.2) is 76.7 Å². The van der Waals surface area contributed by atoms with E-state index in [0.717, 1.165) is 10.4 Å². The summed E-state index contributed by atoms with van der Waals surface area (Å²) in [5.74, 6) is -0.253. The number of aryl methyl sites for hydroxylation is 1. The minimum atomic E-state index is -4.37. The van der Waals surface area contributed by atoms with Gasteiger partial charge in [-0.2, -0.15) is 5.10 Å². The molecule has 35 heavy (non-hydrogen) atoms. The van der Waals surface area contributed by atoms with Gasteiger partial charge in [0.05, 0.1) is 28.8 Å². The number of sulfonamides is 1. The van der Waals surface area contributed by atoms with Crippen LogP contribution in [0.1, 0.15) is 11.1 Å². The molecule has 0 saturated heterocycles. The van der Waals surface area contributed by atoms with Gasteiger partial charge in [0.25, 0.3) is 21.6 Å². The molecule has 0 unspecified atom stereocenters. The van der Waals surface area contributed by atoms with E-state index in [1.807, 2.05) is 0 Å². The number of rotatable bonds is 9. The number of methoxy groups -OCH3 is 1. The molecule has 0 atom stereocenters. The minimum absolute atomic E-state index is 0.156. The molecule has 0 radical (unpaired) electrons. The lowest BCUT2D eigenvalue weighted by Crippen LogP contribution is -2.39. The third kappa shape index (κ3) is 6.34. The minimum Gasteiger partial charge on any atom is -0.497 e. The van der Waals surface area contributed by atoms with E-state index in [2.05, 4.69) is 10.5 Å². The van der Waals surface area contributed by atoms with Crippen LogP contribution < -0.4 is 14.5 Å². The quantitative estimate of drug-likeness (QED) is 0.260. The Labute approximate surface area is 207 Å². The van der Waals surface area contributed by atoms with Crippen molar-refractivity contribution in [2.75, 3.05) is 18.0 Å². The molecule has 1 N–H and O–H groups in total. The molecule has 0 aliphatic carbocycles. The topological polar surface area (TPSA) is 131 Å². The fourth-order valence-electron chi connectivity index (χ4n) is 3.07. The van der Waals surface area contributed by atoms with Gasteiger partial charge in [-0.25, -0.2) is 13.8 Å². The molecule has 0 heterocycles. The van der Waals surface area contributed by atoms with Gasteiger partial charge in [-0.15, -0.1) is 0 Å². The Balaban J connectivity index is 1.92. The van der Waals surface area contributed by atoms with Crippen LogP contribution in [-0.4, -0.2) is 39.1 Å². The van der Waals surface area contributed by atoms with Gasteiger partial charge in [-0.3, -0.25) is 19.2 Å². The molecule has 182 valence electrons. The Morgan fingerprint density at radius 1 is 1.17 bits per heavy atom. The fourth-order valence-corrected chi connectivity index (χ4v) is 4.71. The lowest BCUT2D eigenvalue weighted by Gasteiger charge is -2.24. The molecular weight excluding hydrogens is 496 g/mol. The van der Waals surface area contributed by atoms with Crippen LogP contribution in [0.3, 0.4) is 0 Å². The first-order valence-electron chi connectivity index (χ1n) is 10.1. The molecule has 3 rings (SSSR count). The standard InChI is InChI=1S/C23H21ClN4O6S/c1-16-6-11-21(13-22(16)28(30)31)35(32,33)27(19-7-9-20(34-2)10-8-19)15-23(29)26-25-14-17-4-3-5-18(24)12-17/h3-14H,15H2,1-2H3,(H,26,29)/b25-14-. The number of benzene rings is 3. The van der Waals surface area contributed by atoms with Gasteiger partial charge in [0.1, 0.15) is 12.3 Å². The molecule has 0 saturated carbocycles. The maximum absolute atomic E-state index is 13.5. The van der Waals surface area contributed by atoms with Crippen molar-refractivity contribution in [2.45, 2.75) is 11.8 Å². The molecule has 0 spiro atoms. The van der Waals surface area contributed by atoms with Gasteiger partial charge in [0.2, 0.25) is 0 Å². The lowest BCUT2D eigenvalue weighted by molar-refractivity contribution is -0.385. The molecule has 12 heteroatoms. The Bertz CT molecular complexity index is 1380. The number of hydrazone groups is 1. The molecule has 0 aromatic heterocycles. The largest absolute Gasteiger partial charge is 0.497 e. The van der Waals surface area contributed by atoms with Gasteiger partial charge in [-0.05, 0) is 55.0 Å². The highest BCUT2D eigenvalue weighted by atomic mass is 35.5. The van der Waals surface area contributed by atoms with Gasteiger partial charge in [-0.1, -0.05) is 29.8 Å². The zero-order chi connectivity index (χ0) is 25.6. The highest BCUT2D eigenvalue weighted by Crippen LogP contribution is 2.29. The molecule has 3 aromatic carbocycles. The normalized spacial score (nSPS) is 11.3. The average Bonchev–Trinajstić information content (AvgIpc) is 2.82. The zero-order valence-corrected chi connectivity index (χ0v) is 20.3. The smallest absolute Gasteiger partial charge is 0.273 e. The summed E-state index contributed by atoms with van der Waals surface area (Å²) in [6.07, 6.45) is 1.36. The number of ether oxygens (including phenoxy) is 1. The highest BCUT2D eigenvalue weighted by Gasteiger charge is 2.29. The highest BCUT2D eigenvalue weighted by molar-refractivity contribution is 7.92. The predicted molar refractivity (Wildman–Crippen MR) is 133 cm³/mol. The molecule has 10 nitrogen and oxygen atoms in total. The number of hydrogen-bond acceptors (Lipinski definition) is 7. The van der Waals surface area contributed by atoms with Crippen LogP contribution in [0.2, 0.25) is 5.02 Å². The second kappa shape index (κ2) is 11.0. The summed E-state index contributed by atoms with van der Waals surface area (Å²) in [7, 11) is -2.91. The molecule has 0 bridgehead atoms. The number of carbonyl (C=O) groups excluding carboxylic acids is 1. The predicted octanol–water partition coefficient (Wildman–Crippen LogP) is 3.91. The summed E-state index contributed by atoms with van der Waals surface area (Å²) >= 11 is 5.92. The first-order chi connectivity index (χ1) is 16.6. The van der Waals surface area contributed by atoms with Gasteiger partial charge >= 0.3 is 0 Å². The Morgan fingerprint density at radius 2 is 1.89 bits per heavy atom. The van der Waals surface area contributed by atoms with Crippen molar-refractivity contribution in [2.24, 2.45) is 5.10 Å². The van der Waals surface area contributed by atoms with E-state index in [4.69, 9.17) is 16.3 Å². The van der Waals surface area contributed by atoms with E-state index >= 15 is 0 Å². The number of amides is 1. The first kappa shape index (κ1) is 25.7. The summed E-state index contributed by atoms with van der Waals surface area (Å²) in [6.45, 7) is 0.865. The summed E-state index contributed by atoms with van der Waals surface area (Å²) < 4.78 is 32.9. The van der Waals surface area contributed by atoms with Crippen LogP contribution in [0.5, 0.6) is 5.75 Å². The number of nitrogens with one attached hydrogen (secondary N) is 1. The zero-order valence-electron chi connectivity index (χ0n) is 18.7. The monoisotopic (exact) mass is 516 g/mol. The number of nitro benzene ring substituents is 1. The molecular formula is C23H21ClN4O6S. The van der Waals surface area contributed by atoms with E-state index in [1.54, 1.807) is 24.3 Å². The lowest BCUT2D eigenvalue weighted by atomic mass is 10.2. The van der Waals surface area contributed by atoms with E-state index in [9.17, 15) is 23.3 Å². The third-order valence-corrected chi connectivity index (χ3v) is 6.87. The van der Waals surface area contributed by atoms with Gasteiger partial charge < -0.3 is 4.74 Å². The van der Waals surface area contributed by atoms with Crippen molar-refractivity contribution in [3.63, 3.8) is 0 Å². The number of anilines is 1. The van der Waals surface area contributed by atoms with Crippen LogP contribution >= 0.6 is 11.6 Å². The Morgan fingerprint density at radius 3 is 2.51 bits per heavy atom. The number of hydrogen-bond donors (Lipinski definition) is 1. The molecule has 1 amide bonds. The van der Waals surface area contributed by atoms with Gasteiger partial charge in [0.15, 0.2) is 0 Å². The van der Waals surface area contributed by atoms with E-state index < -0.39 is 27.4 Å². The fraction of sp³-hybridized carbons (Fsp3) is 0.130. The average molecular weight is 517 g/mol.